The van der Waals surface area contributed by atoms with Crippen molar-refractivity contribution in [3.05, 3.63) is 45.6 Å². The minimum Gasteiger partial charge on any atom is -0.397 e. The van der Waals surface area contributed by atoms with Gasteiger partial charge in [0.25, 0.3) is 5.91 Å². The van der Waals surface area contributed by atoms with Crippen LogP contribution in [0.25, 0.3) is 10.2 Å². The third kappa shape index (κ3) is 3.97. The number of rotatable bonds is 4. The van der Waals surface area contributed by atoms with Crippen molar-refractivity contribution >= 4 is 39.0 Å². The van der Waals surface area contributed by atoms with Crippen LogP contribution in [0.5, 0.6) is 0 Å². The Morgan fingerprint density at radius 2 is 2.06 bits per heavy atom. The van der Waals surface area contributed by atoms with Gasteiger partial charge in [0.1, 0.15) is 27.2 Å². The first kappa shape index (κ1) is 22.9. The minimum atomic E-state index is -0.469. The van der Waals surface area contributed by atoms with Crippen molar-refractivity contribution < 1.29 is 18.3 Å². The molecule has 0 saturated carbocycles. The fourth-order valence-electron chi connectivity index (χ4n) is 4.70. The molecule has 1 fully saturated rings. The van der Waals surface area contributed by atoms with E-state index >= 15 is 4.39 Å². The SMILES string of the molecule is COC1CN(c2cc(F)c3c(n2)CCC(NC(=O)c2sc4nc(C)c(F)cc4c2N)C3)CC1N. The van der Waals surface area contributed by atoms with Crippen LogP contribution in [0.15, 0.2) is 12.1 Å². The number of carbonyl (C=O) groups is 1. The number of aromatic nitrogens is 2. The molecule has 1 saturated heterocycles. The Morgan fingerprint density at radius 3 is 2.79 bits per heavy atom. The van der Waals surface area contributed by atoms with Crippen molar-refractivity contribution in [2.75, 3.05) is 30.8 Å². The number of nitrogens with zero attached hydrogens (tertiary/aromatic N) is 3. The monoisotopic (exact) mass is 488 g/mol. The summed E-state index contributed by atoms with van der Waals surface area (Å²) in [5.41, 5.74) is 13.9. The average molecular weight is 489 g/mol. The molecule has 34 heavy (non-hydrogen) atoms. The standard InChI is InChI=1S/C23H26F2N6O2S/c1-10-14(24)6-13-20(27)21(34-23(13)28-10)22(32)29-11-3-4-17-12(5-11)15(25)7-19(30-17)31-8-16(26)18(9-31)33-2/h6-7,11,16,18H,3-5,8-9,26-27H2,1-2H3,(H,29,32). The predicted octanol–water partition coefficient (Wildman–Crippen LogP) is 2.31. The Hall–Kier alpha value is -2.89. The number of nitrogen functional groups attached to an aromatic ring is 1. The van der Waals surface area contributed by atoms with E-state index in [1.807, 2.05) is 4.90 Å². The van der Waals surface area contributed by atoms with Crippen molar-refractivity contribution in [1.29, 1.82) is 0 Å². The fraction of sp³-hybridized carbons (Fsp3) is 0.435. The van der Waals surface area contributed by atoms with Crippen LogP contribution in [0.4, 0.5) is 20.3 Å². The predicted molar refractivity (Wildman–Crippen MR) is 127 cm³/mol. The number of thiophene rings is 1. The maximum atomic E-state index is 15.1. The number of amides is 1. The van der Waals surface area contributed by atoms with Crippen molar-refractivity contribution in [3.63, 3.8) is 0 Å². The number of carbonyl (C=O) groups excluding carboxylic acids is 1. The summed E-state index contributed by atoms with van der Waals surface area (Å²) in [7, 11) is 1.62. The molecular weight excluding hydrogens is 462 g/mol. The second-order valence-corrected chi connectivity index (χ2v) is 9.90. The lowest BCUT2D eigenvalue weighted by molar-refractivity contribution is 0.0938. The van der Waals surface area contributed by atoms with Gasteiger partial charge in [0, 0.05) is 49.0 Å². The molecule has 0 aromatic carbocycles. The third-order valence-electron chi connectivity index (χ3n) is 6.65. The second-order valence-electron chi connectivity index (χ2n) is 8.90. The Balaban J connectivity index is 1.32. The van der Waals surface area contributed by atoms with Gasteiger partial charge in [-0.1, -0.05) is 0 Å². The number of ether oxygens (including phenoxy) is 1. The summed E-state index contributed by atoms with van der Waals surface area (Å²) in [6.07, 6.45) is 1.37. The first-order valence-electron chi connectivity index (χ1n) is 11.1. The Kier molecular flexibility index (Phi) is 5.86. The molecular formula is C23H26F2N6O2S. The van der Waals surface area contributed by atoms with Gasteiger partial charge in [0.05, 0.1) is 23.5 Å². The normalized spacial score (nSPS) is 22.3. The summed E-state index contributed by atoms with van der Waals surface area (Å²) in [6, 6.07) is 2.32. The number of nitrogens with two attached hydrogens (primary N) is 2. The van der Waals surface area contributed by atoms with E-state index in [1.165, 1.54) is 12.1 Å². The highest BCUT2D eigenvalue weighted by Gasteiger charge is 2.33. The van der Waals surface area contributed by atoms with E-state index in [-0.39, 0.29) is 46.2 Å². The van der Waals surface area contributed by atoms with Gasteiger partial charge < -0.3 is 26.4 Å². The van der Waals surface area contributed by atoms with E-state index in [1.54, 1.807) is 14.0 Å². The van der Waals surface area contributed by atoms with Crippen LogP contribution >= 0.6 is 11.3 Å². The molecule has 0 radical (unpaired) electrons. The molecule has 2 aliphatic rings. The number of nitrogens with one attached hydrogen (secondary N) is 1. The minimum absolute atomic E-state index is 0.113. The smallest absolute Gasteiger partial charge is 0.263 e. The van der Waals surface area contributed by atoms with Gasteiger partial charge in [-0.25, -0.2) is 18.7 Å². The molecule has 1 amide bonds. The van der Waals surface area contributed by atoms with Gasteiger partial charge >= 0.3 is 0 Å². The number of methoxy groups -OCH3 is 1. The zero-order chi connectivity index (χ0) is 24.1. The van der Waals surface area contributed by atoms with Crippen molar-refractivity contribution in [2.24, 2.45) is 5.73 Å². The van der Waals surface area contributed by atoms with Gasteiger partial charge in [-0.15, -0.1) is 11.3 Å². The van der Waals surface area contributed by atoms with Crippen LogP contribution in [0, 0.1) is 18.6 Å². The summed E-state index contributed by atoms with van der Waals surface area (Å²) < 4.78 is 34.4. The third-order valence-corrected chi connectivity index (χ3v) is 7.76. The molecule has 4 heterocycles. The first-order valence-corrected chi connectivity index (χ1v) is 11.9. The first-order chi connectivity index (χ1) is 16.2. The van der Waals surface area contributed by atoms with Crippen LogP contribution in [0.1, 0.15) is 33.0 Å². The number of anilines is 2. The lowest BCUT2D eigenvalue weighted by atomic mass is 9.91. The summed E-state index contributed by atoms with van der Waals surface area (Å²) >= 11 is 1.12. The highest BCUT2D eigenvalue weighted by Crippen LogP contribution is 2.34. The highest BCUT2D eigenvalue weighted by atomic mass is 32.1. The van der Waals surface area contributed by atoms with Gasteiger partial charge in [-0.2, -0.15) is 0 Å². The number of fused-ring (bicyclic) bond motifs is 2. The van der Waals surface area contributed by atoms with Crippen LogP contribution in [0.2, 0.25) is 0 Å². The molecule has 11 heteroatoms. The summed E-state index contributed by atoms with van der Waals surface area (Å²) in [5.74, 6) is -0.621. The van der Waals surface area contributed by atoms with Crippen LogP contribution in [0.3, 0.4) is 0 Å². The van der Waals surface area contributed by atoms with E-state index in [4.69, 9.17) is 21.2 Å². The van der Waals surface area contributed by atoms with Crippen molar-refractivity contribution in [3.8, 4) is 0 Å². The molecule has 3 aromatic rings. The number of hydrogen-bond acceptors (Lipinski definition) is 8. The lowest BCUT2D eigenvalue weighted by Gasteiger charge is -2.27. The average Bonchev–Trinajstić information content (AvgIpc) is 3.34. The fourth-order valence-corrected chi connectivity index (χ4v) is 5.73. The molecule has 5 rings (SSSR count). The lowest BCUT2D eigenvalue weighted by Crippen LogP contribution is -2.39. The number of halogens is 2. The van der Waals surface area contributed by atoms with Gasteiger partial charge in [-0.3, -0.25) is 4.79 Å². The quantitative estimate of drug-likeness (QED) is 0.516. The molecule has 0 spiro atoms. The van der Waals surface area contributed by atoms with Crippen molar-refractivity contribution in [2.45, 2.75) is 44.4 Å². The zero-order valence-electron chi connectivity index (χ0n) is 18.9. The molecule has 3 unspecified atom stereocenters. The van der Waals surface area contributed by atoms with E-state index in [9.17, 15) is 9.18 Å². The van der Waals surface area contributed by atoms with Gasteiger partial charge in [-0.05, 0) is 32.3 Å². The molecule has 0 bridgehead atoms. The van der Waals surface area contributed by atoms with Gasteiger partial charge in [0.15, 0.2) is 0 Å². The van der Waals surface area contributed by atoms with E-state index in [0.29, 0.717) is 59.6 Å². The highest BCUT2D eigenvalue weighted by molar-refractivity contribution is 7.21. The molecule has 3 aromatic heterocycles. The van der Waals surface area contributed by atoms with Crippen molar-refractivity contribution in [1.82, 2.24) is 15.3 Å². The number of pyridine rings is 2. The molecule has 1 aliphatic heterocycles. The second kappa shape index (κ2) is 8.71. The molecule has 3 atom stereocenters. The number of hydrogen-bond donors (Lipinski definition) is 3. The van der Waals surface area contributed by atoms with E-state index < -0.39 is 5.82 Å². The molecule has 8 nitrogen and oxygen atoms in total. The molecule has 5 N–H and O–H groups in total. The van der Waals surface area contributed by atoms with Crippen LogP contribution < -0.4 is 21.7 Å². The maximum absolute atomic E-state index is 15.1. The van der Waals surface area contributed by atoms with Gasteiger partial charge in [0.2, 0.25) is 0 Å². The Morgan fingerprint density at radius 1 is 1.26 bits per heavy atom. The molecule has 180 valence electrons. The zero-order valence-corrected chi connectivity index (χ0v) is 19.7. The summed E-state index contributed by atoms with van der Waals surface area (Å²) in [6.45, 7) is 2.68. The summed E-state index contributed by atoms with van der Waals surface area (Å²) in [5, 5.41) is 3.38. The number of aryl methyl sites for hydroxylation is 2. The van der Waals surface area contributed by atoms with Crippen LogP contribution in [-0.4, -0.2) is 54.3 Å². The van der Waals surface area contributed by atoms with E-state index in [2.05, 4.69) is 10.3 Å². The topological polar surface area (TPSA) is 119 Å². The summed E-state index contributed by atoms with van der Waals surface area (Å²) in [4.78, 5) is 24.6. The Bertz CT molecular complexity index is 1280. The maximum Gasteiger partial charge on any atom is 0.263 e. The largest absolute Gasteiger partial charge is 0.397 e. The molecule has 1 aliphatic carbocycles. The van der Waals surface area contributed by atoms with E-state index in [0.717, 1.165) is 11.3 Å². The Labute approximate surface area is 199 Å². The van der Waals surface area contributed by atoms with Crippen LogP contribution in [-0.2, 0) is 17.6 Å².